The normalized spacial score (nSPS) is 18.3. The molecule has 1 unspecified atom stereocenters. The van der Waals surface area contributed by atoms with Crippen molar-refractivity contribution in [2.75, 3.05) is 4.90 Å². The zero-order chi connectivity index (χ0) is 20.5. The van der Waals surface area contributed by atoms with Crippen LogP contribution in [0.15, 0.2) is 78.4 Å². The molecule has 3 aromatic rings. The van der Waals surface area contributed by atoms with Gasteiger partial charge in [0.05, 0.1) is 11.6 Å². The van der Waals surface area contributed by atoms with Crippen molar-refractivity contribution >= 4 is 34.9 Å². The van der Waals surface area contributed by atoms with E-state index in [0.717, 1.165) is 0 Å². The second kappa shape index (κ2) is 7.53. The van der Waals surface area contributed by atoms with Gasteiger partial charge in [0.25, 0.3) is 5.78 Å². The average molecular weight is 405 g/mol. The summed E-state index contributed by atoms with van der Waals surface area (Å²) in [7, 11) is 0. The van der Waals surface area contributed by atoms with Gasteiger partial charge in [-0.05, 0) is 48.9 Å². The molecule has 0 radical (unpaired) electrons. The molecule has 6 heteroatoms. The van der Waals surface area contributed by atoms with Gasteiger partial charge in [-0.1, -0.05) is 48.0 Å². The van der Waals surface area contributed by atoms with Gasteiger partial charge in [0, 0.05) is 16.3 Å². The number of aliphatic hydroxyl groups excluding tert-OH is 1. The maximum Gasteiger partial charge on any atom is 0.301 e. The van der Waals surface area contributed by atoms with Crippen LogP contribution in [0.5, 0.6) is 0 Å². The van der Waals surface area contributed by atoms with E-state index in [1.54, 1.807) is 36.4 Å². The molecule has 0 spiro atoms. The Hall–Kier alpha value is -3.44. The molecule has 1 aliphatic rings. The lowest BCUT2D eigenvalue weighted by molar-refractivity contribution is -0.132. The number of aryl methyl sites for hydroxylation is 1. The van der Waals surface area contributed by atoms with E-state index in [-0.39, 0.29) is 11.3 Å². The van der Waals surface area contributed by atoms with Gasteiger partial charge in [0.1, 0.15) is 11.6 Å². The van der Waals surface area contributed by atoms with Gasteiger partial charge < -0.3 is 5.11 Å². The van der Waals surface area contributed by atoms with Crippen LogP contribution in [0.3, 0.4) is 0 Å². The van der Waals surface area contributed by atoms with Gasteiger partial charge in [0.2, 0.25) is 0 Å². The third kappa shape index (κ3) is 3.41. The number of aromatic nitrogens is 1. The van der Waals surface area contributed by atoms with E-state index in [2.05, 4.69) is 4.98 Å². The minimum atomic E-state index is -0.791. The van der Waals surface area contributed by atoms with Crippen LogP contribution in [-0.4, -0.2) is 21.8 Å². The summed E-state index contributed by atoms with van der Waals surface area (Å²) in [5.41, 5.74) is 1.84. The molecule has 1 N–H and O–H groups in total. The number of hydrogen-bond donors (Lipinski definition) is 1. The van der Waals surface area contributed by atoms with Crippen molar-refractivity contribution in [2.45, 2.75) is 13.0 Å². The van der Waals surface area contributed by atoms with Gasteiger partial charge >= 0.3 is 5.91 Å². The van der Waals surface area contributed by atoms with Crippen LogP contribution in [0.25, 0.3) is 5.76 Å². The van der Waals surface area contributed by atoms with Crippen molar-refractivity contribution in [3.63, 3.8) is 0 Å². The molecule has 29 heavy (non-hydrogen) atoms. The Balaban J connectivity index is 1.94. The van der Waals surface area contributed by atoms with Crippen molar-refractivity contribution in [2.24, 2.45) is 0 Å². The van der Waals surface area contributed by atoms with E-state index in [9.17, 15) is 14.7 Å². The summed E-state index contributed by atoms with van der Waals surface area (Å²) in [6, 6.07) is 20.0. The number of carbonyl (C=O) groups is 2. The fourth-order valence-electron chi connectivity index (χ4n) is 3.45. The summed E-state index contributed by atoms with van der Waals surface area (Å²) in [5.74, 6) is -1.37. The molecule has 2 aromatic carbocycles. The molecule has 0 bridgehead atoms. The van der Waals surface area contributed by atoms with Crippen LogP contribution in [0, 0.1) is 6.92 Å². The first kappa shape index (κ1) is 18.9. The number of aliphatic hydroxyl groups is 1. The van der Waals surface area contributed by atoms with Gasteiger partial charge in [-0.3, -0.25) is 14.5 Å². The summed E-state index contributed by atoms with van der Waals surface area (Å²) in [5, 5.41) is 11.5. The fraction of sp³-hybridized carbons (Fsp3) is 0.0870. The number of ketones is 1. The Morgan fingerprint density at radius 3 is 2.31 bits per heavy atom. The van der Waals surface area contributed by atoms with Crippen LogP contribution in [0.2, 0.25) is 5.02 Å². The van der Waals surface area contributed by atoms with Gasteiger partial charge in [-0.2, -0.15) is 0 Å². The standard InChI is InChI=1S/C23H17ClN2O3/c1-14-6-5-9-18(25-14)26-20(15-7-3-2-4-8-15)19(22(28)23(26)29)21(27)16-10-12-17(24)13-11-16/h2-13,20,27H,1H3. The summed E-state index contributed by atoms with van der Waals surface area (Å²) in [4.78, 5) is 31.7. The lowest BCUT2D eigenvalue weighted by Crippen LogP contribution is -2.30. The van der Waals surface area contributed by atoms with Crippen LogP contribution >= 0.6 is 11.6 Å². The monoisotopic (exact) mass is 404 g/mol. The number of halogens is 1. The quantitative estimate of drug-likeness (QED) is 0.391. The highest BCUT2D eigenvalue weighted by Crippen LogP contribution is 2.41. The molecular weight excluding hydrogens is 388 g/mol. The highest BCUT2D eigenvalue weighted by Gasteiger charge is 2.47. The largest absolute Gasteiger partial charge is 0.507 e. The predicted molar refractivity (Wildman–Crippen MR) is 112 cm³/mol. The van der Waals surface area contributed by atoms with Gasteiger partial charge in [-0.15, -0.1) is 0 Å². The molecule has 1 aromatic heterocycles. The number of amides is 1. The molecule has 2 heterocycles. The van der Waals surface area contributed by atoms with Crippen molar-refractivity contribution < 1.29 is 14.7 Å². The molecule has 1 saturated heterocycles. The highest BCUT2D eigenvalue weighted by atomic mass is 35.5. The molecular formula is C23H17ClN2O3. The number of benzene rings is 2. The van der Waals surface area contributed by atoms with Crippen LogP contribution in [-0.2, 0) is 9.59 Å². The highest BCUT2D eigenvalue weighted by molar-refractivity contribution is 6.51. The minimum absolute atomic E-state index is 0.0202. The van der Waals surface area contributed by atoms with E-state index < -0.39 is 17.7 Å². The Labute approximate surface area is 172 Å². The van der Waals surface area contributed by atoms with Gasteiger partial charge in [-0.25, -0.2) is 4.98 Å². The fourth-order valence-corrected chi connectivity index (χ4v) is 3.57. The lowest BCUT2D eigenvalue weighted by Gasteiger charge is -2.24. The van der Waals surface area contributed by atoms with Crippen molar-refractivity contribution in [3.8, 4) is 0 Å². The van der Waals surface area contributed by atoms with Crippen molar-refractivity contribution in [3.05, 3.63) is 100 Å². The van der Waals surface area contributed by atoms with E-state index in [0.29, 0.717) is 27.7 Å². The summed E-state index contributed by atoms with van der Waals surface area (Å²) >= 11 is 5.94. The Bertz CT molecular complexity index is 1120. The second-order valence-electron chi connectivity index (χ2n) is 6.72. The van der Waals surface area contributed by atoms with E-state index in [1.807, 2.05) is 43.3 Å². The molecule has 1 aliphatic heterocycles. The maximum absolute atomic E-state index is 13.0. The Morgan fingerprint density at radius 2 is 1.66 bits per heavy atom. The number of pyridine rings is 1. The topological polar surface area (TPSA) is 70.5 Å². The third-order valence-electron chi connectivity index (χ3n) is 4.80. The molecule has 1 atom stereocenters. The maximum atomic E-state index is 13.0. The first-order valence-corrected chi connectivity index (χ1v) is 9.40. The van der Waals surface area contributed by atoms with Crippen molar-refractivity contribution in [1.29, 1.82) is 0 Å². The molecule has 144 valence electrons. The van der Waals surface area contributed by atoms with Crippen LogP contribution < -0.4 is 4.90 Å². The predicted octanol–water partition coefficient (Wildman–Crippen LogP) is 4.67. The number of nitrogens with zero attached hydrogens (tertiary/aromatic N) is 2. The third-order valence-corrected chi connectivity index (χ3v) is 5.05. The smallest absolute Gasteiger partial charge is 0.301 e. The van der Waals surface area contributed by atoms with E-state index >= 15 is 0 Å². The zero-order valence-electron chi connectivity index (χ0n) is 15.5. The molecule has 1 fully saturated rings. The molecule has 0 saturated carbocycles. The molecule has 1 amide bonds. The Kier molecular flexibility index (Phi) is 4.91. The number of carbonyl (C=O) groups excluding carboxylic acids is 2. The zero-order valence-corrected chi connectivity index (χ0v) is 16.3. The molecule has 4 rings (SSSR count). The minimum Gasteiger partial charge on any atom is -0.507 e. The van der Waals surface area contributed by atoms with Gasteiger partial charge in [0.15, 0.2) is 0 Å². The number of rotatable bonds is 3. The number of anilines is 1. The lowest BCUT2D eigenvalue weighted by atomic mass is 9.95. The Morgan fingerprint density at radius 1 is 0.966 bits per heavy atom. The summed E-state index contributed by atoms with van der Waals surface area (Å²) in [6.45, 7) is 1.81. The summed E-state index contributed by atoms with van der Waals surface area (Å²) in [6.07, 6.45) is 0. The molecule has 0 aliphatic carbocycles. The number of hydrogen-bond acceptors (Lipinski definition) is 4. The second-order valence-corrected chi connectivity index (χ2v) is 7.16. The first-order chi connectivity index (χ1) is 14.0. The SMILES string of the molecule is Cc1cccc(N2C(=O)C(=O)C(=C(O)c3ccc(Cl)cc3)C2c2ccccc2)n1. The summed E-state index contributed by atoms with van der Waals surface area (Å²) < 4.78 is 0. The van der Waals surface area contributed by atoms with E-state index in [4.69, 9.17) is 11.6 Å². The first-order valence-electron chi connectivity index (χ1n) is 9.03. The number of Topliss-reactive ketones (excluding diaryl/α,β-unsaturated/α-hetero) is 1. The van der Waals surface area contributed by atoms with Crippen LogP contribution in [0.4, 0.5) is 5.82 Å². The van der Waals surface area contributed by atoms with Crippen LogP contribution in [0.1, 0.15) is 22.9 Å². The van der Waals surface area contributed by atoms with E-state index in [1.165, 1.54) is 4.90 Å². The average Bonchev–Trinajstić information content (AvgIpc) is 2.99. The molecule has 5 nitrogen and oxygen atoms in total. The van der Waals surface area contributed by atoms with Crippen molar-refractivity contribution in [1.82, 2.24) is 4.98 Å².